The van der Waals surface area contributed by atoms with E-state index in [2.05, 4.69) is 19.2 Å². The summed E-state index contributed by atoms with van der Waals surface area (Å²) in [6, 6.07) is -0.625. The van der Waals surface area contributed by atoms with Gasteiger partial charge in [0.25, 0.3) is 0 Å². The van der Waals surface area contributed by atoms with E-state index in [-0.39, 0.29) is 18.5 Å². The lowest BCUT2D eigenvalue weighted by molar-refractivity contribution is -0.143. The maximum atomic E-state index is 12.6. The summed E-state index contributed by atoms with van der Waals surface area (Å²) in [7, 11) is 0. The molecule has 88 heavy (non-hydrogen) atoms. The fourth-order valence-corrected chi connectivity index (χ4v) is 13.3. The minimum Gasteiger partial charge on any atom is -0.466 e. The second kappa shape index (κ2) is 78.0. The maximum Gasteiger partial charge on any atom is 0.305 e. The molecule has 0 aliphatic rings. The molecule has 0 spiro atoms. The van der Waals surface area contributed by atoms with Crippen molar-refractivity contribution in [2.75, 3.05) is 13.2 Å². The first-order valence-corrected chi connectivity index (χ1v) is 41.0. The third-order valence-electron chi connectivity index (χ3n) is 19.6. The second-order valence-electron chi connectivity index (χ2n) is 28.5. The van der Waals surface area contributed by atoms with Crippen molar-refractivity contribution < 1.29 is 24.5 Å². The quantitative estimate of drug-likeness (QED) is 0.0320. The van der Waals surface area contributed by atoms with Gasteiger partial charge in [-0.25, -0.2) is 0 Å². The standard InChI is InChI=1S/C82H161NO5/c1-3-5-7-9-11-13-15-17-18-19-20-21-22-36-39-42-45-48-51-54-58-62-66-70-74-80(85)79(78-84)83-81(86)75-71-67-63-59-55-52-49-46-43-40-37-34-32-30-28-26-24-23-25-27-29-31-33-35-38-41-44-47-50-53-57-61-65-69-73-77-88-82(87)76-72-68-64-60-56-16-14-12-10-8-6-4-2/h70,74,79-80,84-85H,3-69,71-73,75-78H2,1-2H3,(H,83,86)/b74-70+. The van der Waals surface area contributed by atoms with E-state index < -0.39 is 12.1 Å². The van der Waals surface area contributed by atoms with Gasteiger partial charge in [0, 0.05) is 12.8 Å². The number of hydrogen-bond donors (Lipinski definition) is 3. The first kappa shape index (κ1) is 86.6. The number of amides is 1. The molecule has 0 fully saturated rings. The zero-order chi connectivity index (χ0) is 63.5. The summed E-state index contributed by atoms with van der Waals surface area (Å²) in [6.45, 7) is 4.96. The van der Waals surface area contributed by atoms with E-state index in [0.29, 0.717) is 19.4 Å². The van der Waals surface area contributed by atoms with Crippen LogP contribution >= 0.6 is 0 Å². The van der Waals surface area contributed by atoms with E-state index in [9.17, 15) is 19.8 Å². The van der Waals surface area contributed by atoms with Gasteiger partial charge in [-0.3, -0.25) is 9.59 Å². The lowest BCUT2D eigenvalue weighted by Crippen LogP contribution is -2.45. The number of carbonyl (C=O) groups excluding carboxylic acids is 2. The molecule has 0 aliphatic carbocycles. The van der Waals surface area contributed by atoms with Gasteiger partial charge in [-0.1, -0.05) is 443 Å². The maximum absolute atomic E-state index is 12.6. The SMILES string of the molecule is CCCCCCCCCCCCCCCCCCCCCCCC/C=C/C(O)C(CO)NC(=O)CCCCCCCCCCCCCCCCCCCCCCCCCCCCCCCCCCCCCOC(=O)CCCCCCCCCCCCCC. The number of esters is 1. The third kappa shape index (κ3) is 73.6. The van der Waals surface area contributed by atoms with Crippen LogP contribution < -0.4 is 5.32 Å². The molecule has 3 N–H and O–H groups in total. The first-order valence-electron chi connectivity index (χ1n) is 41.0. The van der Waals surface area contributed by atoms with Crippen LogP contribution in [0.15, 0.2) is 12.2 Å². The molecule has 524 valence electrons. The highest BCUT2D eigenvalue weighted by molar-refractivity contribution is 5.76. The number of ether oxygens (including phenoxy) is 1. The Morgan fingerprint density at radius 2 is 0.523 bits per heavy atom. The number of unbranched alkanes of at least 4 members (excludes halogenated alkanes) is 67. The topological polar surface area (TPSA) is 95.9 Å². The van der Waals surface area contributed by atoms with Crippen molar-refractivity contribution in [2.45, 2.75) is 488 Å². The molecule has 2 atom stereocenters. The molecule has 0 saturated carbocycles. The molecule has 0 aromatic carbocycles. The van der Waals surface area contributed by atoms with Crippen molar-refractivity contribution in [2.24, 2.45) is 0 Å². The Bertz CT molecular complexity index is 1340. The number of aliphatic hydroxyl groups is 2. The number of aliphatic hydroxyl groups excluding tert-OH is 2. The molecule has 1 amide bonds. The second-order valence-corrected chi connectivity index (χ2v) is 28.5. The zero-order valence-electron chi connectivity index (χ0n) is 60.3. The highest BCUT2D eigenvalue weighted by atomic mass is 16.5. The van der Waals surface area contributed by atoms with Crippen LogP contribution in [0.3, 0.4) is 0 Å². The minimum absolute atomic E-state index is 0.0243. The molecule has 2 unspecified atom stereocenters. The molecule has 0 saturated heterocycles. The van der Waals surface area contributed by atoms with Gasteiger partial charge in [0.05, 0.1) is 25.4 Å². The number of nitrogens with one attached hydrogen (secondary N) is 1. The van der Waals surface area contributed by atoms with Crippen molar-refractivity contribution in [3.05, 3.63) is 12.2 Å². The highest BCUT2D eigenvalue weighted by Crippen LogP contribution is 2.21. The fraction of sp³-hybridized carbons (Fsp3) is 0.951. The van der Waals surface area contributed by atoms with Gasteiger partial charge in [-0.05, 0) is 32.1 Å². The Kier molecular flexibility index (Phi) is 76.8. The number of allylic oxidation sites excluding steroid dienone is 1. The predicted molar refractivity (Wildman–Crippen MR) is 389 cm³/mol. The van der Waals surface area contributed by atoms with E-state index in [0.717, 1.165) is 38.5 Å². The van der Waals surface area contributed by atoms with Crippen LogP contribution in [-0.2, 0) is 14.3 Å². The van der Waals surface area contributed by atoms with Crippen LogP contribution in [0.25, 0.3) is 0 Å². The van der Waals surface area contributed by atoms with Crippen molar-refractivity contribution >= 4 is 11.9 Å². The summed E-state index contributed by atoms with van der Waals surface area (Å²) in [4.78, 5) is 24.6. The van der Waals surface area contributed by atoms with E-state index in [1.54, 1.807) is 6.08 Å². The lowest BCUT2D eigenvalue weighted by Gasteiger charge is -2.20. The van der Waals surface area contributed by atoms with Crippen molar-refractivity contribution in [1.82, 2.24) is 5.32 Å². The van der Waals surface area contributed by atoms with Crippen LogP contribution in [0, 0.1) is 0 Å². The third-order valence-corrected chi connectivity index (χ3v) is 19.6. The summed E-state index contributed by atoms with van der Waals surface area (Å²) in [6.07, 6.45) is 99.3. The van der Waals surface area contributed by atoms with Gasteiger partial charge < -0.3 is 20.3 Å². The van der Waals surface area contributed by atoms with Gasteiger partial charge in [-0.2, -0.15) is 0 Å². The molecule has 6 heteroatoms. The minimum atomic E-state index is -0.842. The number of carbonyl (C=O) groups is 2. The Morgan fingerprint density at radius 1 is 0.307 bits per heavy atom. The van der Waals surface area contributed by atoms with Gasteiger partial charge in [0.2, 0.25) is 5.91 Å². The van der Waals surface area contributed by atoms with E-state index >= 15 is 0 Å². The summed E-state index contributed by atoms with van der Waals surface area (Å²) in [5.74, 6) is -0.0325. The van der Waals surface area contributed by atoms with Crippen molar-refractivity contribution in [1.29, 1.82) is 0 Å². The van der Waals surface area contributed by atoms with E-state index in [1.807, 2.05) is 6.08 Å². The highest BCUT2D eigenvalue weighted by Gasteiger charge is 2.18. The normalized spacial score (nSPS) is 12.5. The monoisotopic (exact) mass is 1240 g/mol. The largest absolute Gasteiger partial charge is 0.466 e. The van der Waals surface area contributed by atoms with Gasteiger partial charge in [-0.15, -0.1) is 0 Å². The summed E-state index contributed by atoms with van der Waals surface area (Å²) in [5, 5.41) is 23.3. The lowest BCUT2D eigenvalue weighted by atomic mass is 10.0. The van der Waals surface area contributed by atoms with E-state index in [4.69, 9.17) is 4.74 Å². The Morgan fingerprint density at radius 3 is 0.773 bits per heavy atom. The van der Waals surface area contributed by atoms with Gasteiger partial charge in [0.15, 0.2) is 0 Å². The molecule has 0 heterocycles. The number of hydrogen-bond acceptors (Lipinski definition) is 5. The zero-order valence-corrected chi connectivity index (χ0v) is 60.3. The molecule has 0 aromatic heterocycles. The Labute approximate surface area is 552 Å². The first-order chi connectivity index (χ1) is 43.5. The van der Waals surface area contributed by atoms with Crippen molar-refractivity contribution in [3.8, 4) is 0 Å². The van der Waals surface area contributed by atoms with Gasteiger partial charge in [0.1, 0.15) is 0 Å². The molecule has 0 aliphatic heterocycles. The molecule has 6 nitrogen and oxygen atoms in total. The van der Waals surface area contributed by atoms with Gasteiger partial charge >= 0.3 is 5.97 Å². The average molecular weight is 1240 g/mol. The molecular weight excluding hydrogens is 1080 g/mol. The summed E-state index contributed by atoms with van der Waals surface area (Å²) < 4.78 is 5.49. The van der Waals surface area contributed by atoms with Crippen LogP contribution in [0.1, 0.15) is 476 Å². The van der Waals surface area contributed by atoms with Crippen LogP contribution in [-0.4, -0.2) is 47.4 Å². The van der Waals surface area contributed by atoms with Crippen LogP contribution in [0.4, 0.5) is 0 Å². The molecule has 0 radical (unpaired) electrons. The molecule has 0 rings (SSSR count). The smallest absolute Gasteiger partial charge is 0.305 e. The average Bonchev–Trinajstić information content (AvgIpc) is 3.54. The van der Waals surface area contributed by atoms with Crippen LogP contribution in [0.5, 0.6) is 0 Å². The summed E-state index contributed by atoms with van der Waals surface area (Å²) in [5.41, 5.74) is 0. The Balaban J connectivity index is 3.33. The molecule has 0 bridgehead atoms. The van der Waals surface area contributed by atoms with Crippen molar-refractivity contribution in [3.63, 3.8) is 0 Å². The fourth-order valence-electron chi connectivity index (χ4n) is 13.3. The van der Waals surface area contributed by atoms with E-state index in [1.165, 1.54) is 411 Å². The summed E-state index contributed by atoms with van der Waals surface area (Å²) >= 11 is 0. The number of rotatable bonds is 78. The Hall–Kier alpha value is -1.40. The predicted octanol–water partition coefficient (Wildman–Crippen LogP) is 27.1. The molecular formula is C82H161NO5. The molecule has 0 aromatic rings. The van der Waals surface area contributed by atoms with Crippen LogP contribution in [0.2, 0.25) is 0 Å².